The molecule has 0 radical (unpaired) electrons. The van der Waals surface area contributed by atoms with Gasteiger partial charge in [0, 0.05) is 31.1 Å². The van der Waals surface area contributed by atoms with Crippen LogP contribution in [0, 0.1) is 0 Å². The summed E-state index contributed by atoms with van der Waals surface area (Å²) in [6, 6.07) is 20.1. The van der Waals surface area contributed by atoms with Crippen LogP contribution in [0.2, 0.25) is 0 Å². The van der Waals surface area contributed by atoms with Crippen LogP contribution in [0.25, 0.3) is 10.4 Å². The molecule has 3 rings (SSSR count). The fourth-order valence-electron chi connectivity index (χ4n) is 3.24. The smallest absolute Gasteiger partial charge is 0.307 e. The predicted octanol–water partition coefficient (Wildman–Crippen LogP) is 4.04. The molecule has 1 aliphatic rings. The van der Waals surface area contributed by atoms with Crippen LogP contribution in [0.4, 0.5) is 4.79 Å². The minimum atomic E-state index is 0.0500. The maximum absolute atomic E-state index is 13.0. The van der Waals surface area contributed by atoms with Gasteiger partial charge in [0.15, 0.2) is 0 Å². The lowest BCUT2D eigenvalue weighted by atomic mass is 10.2. The van der Waals surface area contributed by atoms with Crippen molar-refractivity contribution >= 4 is 6.03 Å². The van der Waals surface area contributed by atoms with Gasteiger partial charge in [-0.1, -0.05) is 65.8 Å². The summed E-state index contributed by atoms with van der Waals surface area (Å²) in [5.74, 6) is 0. The molecule has 1 fully saturated rings. The van der Waals surface area contributed by atoms with Crippen molar-refractivity contribution in [2.45, 2.75) is 19.5 Å². The molecule has 7 heteroatoms. The van der Waals surface area contributed by atoms with Gasteiger partial charge in [0.1, 0.15) is 0 Å². The third-order valence-electron chi connectivity index (χ3n) is 4.51. The quantitative estimate of drug-likeness (QED) is 0.307. The zero-order valence-electron chi connectivity index (χ0n) is 15.3. The van der Waals surface area contributed by atoms with E-state index in [2.05, 4.69) is 14.9 Å². The van der Waals surface area contributed by atoms with Crippen molar-refractivity contribution in [1.82, 2.24) is 14.7 Å². The molecule has 27 heavy (non-hydrogen) atoms. The van der Waals surface area contributed by atoms with Gasteiger partial charge in [0.2, 0.25) is 0 Å². The first-order valence-electron chi connectivity index (χ1n) is 9.11. The third-order valence-corrected chi connectivity index (χ3v) is 4.51. The van der Waals surface area contributed by atoms with Crippen LogP contribution >= 0.6 is 0 Å². The average Bonchev–Trinajstić information content (AvgIpc) is 2.70. The number of carbonyl (C=O) groups is 1. The first kappa shape index (κ1) is 18.8. The largest absolute Gasteiger partial charge is 0.322 e. The fraction of sp³-hybridized carbons (Fsp3) is 0.350. The lowest BCUT2D eigenvalue weighted by molar-refractivity contribution is 0.0265. The van der Waals surface area contributed by atoms with E-state index in [1.54, 1.807) is 0 Å². The Labute approximate surface area is 159 Å². The SMILES string of the molecule is [N-]=[N+]=NCCCN1CN(Cc2ccccc2)C(=O)N(Cc2ccccc2)C1. The summed E-state index contributed by atoms with van der Waals surface area (Å²) in [6.45, 7) is 3.57. The molecule has 0 bridgehead atoms. The highest BCUT2D eigenvalue weighted by molar-refractivity contribution is 5.75. The predicted molar refractivity (Wildman–Crippen MR) is 104 cm³/mol. The zero-order chi connectivity index (χ0) is 18.9. The van der Waals surface area contributed by atoms with E-state index in [1.165, 1.54) is 0 Å². The molecule has 1 aliphatic heterocycles. The Hall–Kier alpha value is -3.02. The van der Waals surface area contributed by atoms with Gasteiger partial charge in [-0.15, -0.1) is 0 Å². The second kappa shape index (κ2) is 9.62. The number of hydrogen-bond acceptors (Lipinski definition) is 3. The van der Waals surface area contributed by atoms with E-state index in [0.717, 1.165) is 24.1 Å². The lowest BCUT2D eigenvalue weighted by Gasteiger charge is -2.42. The van der Waals surface area contributed by atoms with Crippen molar-refractivity contribution in [2.24, 2.45) is 5.11 Å². The monoisotopic (exact) mass is 364 g/mol. The molecule has 0 atom stereocenters. The van der Waals surface area contributed by atoms with E-state index in [1.807, 2.05) is 70.5 Å². The lowest BCUT2D eigenvalue weighted by Crippen LogP contribution is -2.57. The normalized spacial score (nSPS) is 14.9. The molecule has 0 unspecified atom stereocenters. The van der Waals surface area contributed by atoms with Crippen LogP contribution in [0.5, 0.6) is 0 Å². The van der Waals surface area contributed by atoms with Gasteiger partial charge in [0.05, 0.1) is 13.3 Å². The number of rotatable bonds is 8. The van der Waals surface area contributed by atoms with Gasteiger partial charge >= 0.3 is 6.03 Å². The Kier molecular flexibility index (Phi) is 6.68. The van der Waals surface area contributed by atoms with E-state index >= 15 is 0 Å². The van der Waals surface area contributed by atoms with Crippen LogP contribution < -0.4 is 0 Å². The average molecular weight is 364 g/mol. The zero-order valence-corrected chi connectivity index (χ0v) is 15.3. The van der Waals surface area contributed by atoms with Gasteiger partial charge in [0.25, 0.3) is 0 Å². The second-order valence-corrected chi connectivity index (χ2v) is 6.63. The topological polar surface area (TPSA) is 75.5 Å². The van der Waals surface area contributed by atoms with Crippen molar-refractivity contribution in [3.63, 3.8) is 0 Å². The van der Waals surface area contributed by atoms with E-state index in [9.17, 15) is 4.79 Å². The summed E-state index contributed by atoms with van der Waals surface area (Å²) in [7, 11) is 0. The van der Waals surface area contributed by atoms with Crippen LogP contribution in [-0.2, 0) is 13.1 Å². The van der Waals surface area contributed by atoms with Crippen LogP contribution in [0.3, 0.4) is 0 Å². The first-order chi connectivity index (χ1) is 13.3. The van der Waals surface area contributed by atoms with Crippen molar-refractivity contribution in [1.29, 1.82) is 0 Å². The van der Waals surface area contributed by atoms with Crippen LogP contribution in [0.15, 0.2) is 65.8 Å². The summed E-state index contributed by atoms with van der Waals surface area (Å²) in [6.07, 6.45) is 0.774. The summed E-state index contributed by atoms with van der Waals surface area (Å²) in [5.41, 5.74) is 10.7. The molecule has 2 aromatic rings. The molecule has 1 saturated heterocycles. The van der Waals surface area contributed by atoms with Gasteiger partial charge in [-0.05, 0) is 23.1 Å². The number of amides is 2. The molecular weight excluding hydrogens is 340 g/mol. The molecule has 140 valence electrons. The molecule has 0 aliphatic carbocycles. The highest BCUT2D eigenvalue weighted by atomic mass is 16.2. The third kappa shape index (κ3) is 5.48. The highest BCUT2D eigenvalue weighted by Crippen LogP contribution is 2.17. The highest BCUT2D eigenvalue weighted by Gasteiger charge is 2.29. The minimum absolute atomic E-state index is 0.0500. The summed E-state index contributed by atoms with van der Waals surface area (Å²) < 4.78 is 0. The summed E-state index contributed by atoms with van der Waals surface area (Å²) in [4.78, 5) is 21.8. The van der Waals surface area contributed by atoms with E-state index in [0.29, 0.717) is 33.0 Å². The number of nitrogens with zero attached hydrogens (tertiary/aromatic N) is 6. The standard InChI is InChI=1S/C20H24N6O/c21-23-22-12-7-13-24-16-25(14-18-8-3-1-4-9-18)20(27)26(17-24)15-19-10-5-2-6-11-19/h1-6,8-11H,7,12-17H2. The van der Waals surface area contributed by atoms with Gasteiger partial charge in [-0.3, -0.25) is 4.90 Å². The van der Waals surface area contributed by atoms with Gasteiger partial charge < -0.3 is 9.80 Å². The maximum Gasteiger partial charge on any atom is 0.322 e. The Morgan fingerprint density at radius 2 is 1.41 bits per heavy atom. The second-order valence-electron chi connectivity index (χ2n) is 6.63. The number of benzene rings is 2. The Morgan fingerprint density at radius 3 is 1.89 bits per heavy atom. The summed E-state index contributed by atoms with van der Waals surface area (Å²) >= 11 is 0. The maximum atomic E-state index is 13.0. The molecule has 0 spiro atoms. The van der Waals surface area contributed by atoms with Crippen molar-refractivity contribution in [3.8, 4) is 0 Å². The fourth-order valence-corrected chi connectivity index (χ4v) is 3.24. The van der Waals surface area contributed by atoms with E-state index < -0.39 is 0 Å². The minimum Gasteiger partial charge on any atom is -0.307 e. The molecule has 1 heterocycles. The Balaban J connectivity index is 1.70. The van der Waals surface area contributed by atoms with Gasteiger partial charge in [-0.25, -0.2) is 4.79 Å². The molecule has 7 nitrogen and oxygen atoms in total. The molecule has 2 aromatic carbocycles. The van der Waals surface area contributed by atoms with Gasteiger partial charge in [-0.2, -0.15) is 0 Å². The number of carbonyl (C=O) groups excluding carboxylic acids is 1. The van der Waals surface area contributed by atoms with E-state index in [4.69, 9.17) is 5.53 Å². The Bertz CT molecular complexity index is 722. The van der Waals surface area contributed by atoms with Crippen molar-refractivity contribution in [3.05, 3.63) is 82.2 Å². The molecule has 0 N–H and O–H groups in total. The number of azide groups is 1. The molecular formula is C20H24N6O. The molecule has 0 aromatic heterocycles. The van der Waals surface area contributed by atoms with Crippen LogP contribution in [-0.4, -0.2) is 47.2 Å². The van der Waals surface area contributed by atoms with E-state index in [-0.39, 0.29) is 6.03 Å². The number of hydrogen-bond donors (Lipinski definition) is 0. The van der Waals surface area contributed by atoms with Crippen LogP contribution in [0.1, 0.15) is 17.5 Å². The molecule has 0 saturated carbocycles. The summed E-state index contributed by atoms with van der Waals surface area (Å²) in [5, 5.41) is 3.60. The Morgan fingerprint density at radius 1 is 0.889 bits per heavy atom. The molecule has 2 amide bonds. The first-order valence-corrected chi connectivity index (χ1v) is 9.11. The number of urea groups is 1. The van der Waals surface area contributed by atoms with Crippen molar-refractivity contribution < 1.29 is 4.79 Å². The van der Waals surface area contributed by atoms with Crippen molar-refractivity contribution in [2.75, 3.05) is 26.4 Å².